The van der Waals surface area contributed by atoms with E-state index in [9.17, 15) is 8.42 Å². The second-order valence-corrected chi connectivity index (χ2v) is 14.3. The monoisotopic (exact) mass is 560 g/mol. The van der Waals surface area contributed by atoms with Gasteiger partial charge in [0.1, 0.15) is 0 Å². The molecule has 0 saturated heterocycles. The van der Waals surface area contributed by atoms with Crippen LogP contribution >= 0.6 is 7.28 Å². The van der Waals surface area contributed by atoms with Gasteiger partial charge in [-0.25, -0.2) is 4.39 Å². The number of hydrogen-bond donors (Lipinski definition) is 0. The van der Waals surface area contributed by atoms with E-state index < -0.39 is 28.5 Å². The number of halogens is 1. The van der Waals surface area contributed by atoms with Crippen molar-refractivity contribution in [1.29, 1.82) is 0 Å². The molecule has 0 N–H and O–H groups in total. The van der Waals surface area contributed by atoms with Crippen molar-refractivity contribution in [2.24, 2.45) is 4.15 Å². The van der Waals surface area contributed by atoms with Gasteiger partial charge in [-0.05, 0) is 55.0 Å². The number of benzene rings is 4. The molecule has 0 radical (unpaired) electrons. The van der Waals surface area contributed by atoms with E-state index in [4.69, 9.17) is 4.52 Å². The molecular weight excluding hydrogens is 530 g/mol. The summed E-state index contributed by atoms with van der Waals surface area (Å²) in [6.45, 7) is 6.05. The maximum Gasteiger partial charge on any atom is 0.284 e. The van der Waals surface area contributed by atoms with Gasteiger partial charge in [0.2, 0.25) is 7.28 Å². The van der Waals surface area contributed by atoms with Crippen molar-refractivity contribution in [1.82, 2.24) is 0 Å². The first-order chi connectivity index (χ1) is 18.5. The molecule has 0 unspecified atom stereocenters. The van der Waals surface area contributed by atoms with Crippen LogP contribution in [0.4, 0.5) is 10.1 Å². The second kappa shape index (κ2) is 10.1. The van der Waals surface area contributed by atoms with Gasteiger partial charge in [0.15, 0.2) is 11.6 Å². The number of allylic oxidation sites excluding steroid dienone is 1. The average Bonchev–Trinajstić information content (AvgIpc) is 3.11. The summed E-state index contributed by atoms with van der Waals surface area (Å²) in [5.41, 5.74) is 3.35. The molecule has 0 saturated carbocycles. The zero-order valence-corrected chi connectivity index (χ0v) is 24.0. The van der Waals surface area contributed by atoms with Crippen molar-refractivity contribution in [2.45, 2.75) is 31.1 Å². The zero-order chi connectivity index (χ0) is 27.8. The third-order valence-corrected chi connectivity index (χ3v) is 11.8. The molecule has 5 nitrogen and oxygen atoms in total. The van der Waals surface area contributed by atoms with Crippen LogP contribution in [-0.4, -0.2) is 15.5 Å². The van der Waals surface area contributed by atoms with Gasteiger partial charge in [-0.3, -0.25) is 0 Å². The number of anilines is 1. The third-order valence-electron chi connectivity index (χ3n) is 6.99. The average molecular weight is 561 g/mol. The molecule has 5 rings (SSSR count). The summed E-state index contributed by atoms with van der Waals surface area (Å²) in [4.78, 5) is 2.08. The number of sulfonamides is 1. The minimum atomic E-state index is -4.22. The summed E-state index contributed by atoms with van der Waals surface area (Å²) < 4.78 is 53.9. The molecule has 0 amide bonds. The molecule has 1 heterocycles. The predicted molar refractivity (Wildman–Crippen MR) is 157 cm³/mol. The Morgan fingerprint density at radius 2 is 1.49 bits per heavy atom. The fourth-order valence-corrected chi connectivity index (χ4v) is 9.88. The molecule has 0 fully saturated rings. The lowest BCUT2D eigenvalue weighted by atomic mass is 9.84. The van der Waals surface area contributed by atoms with Gasteiger partial charge in [-0.1, -0.05) is 80.1 Å². The first-order valence-electron chi connectivity index (χ1n) is 12.5. The Bertz CT molecular complexity index is 1720. The van der Waals surface area contributed by atoms with Crippen molar-refractivity contribution < 1.29 is 17.3 Å². The highest BCUT2D eigenvalue weighted by molar-refractivity contribution is 7.95. The van der Waals surface area contributed by atoms with Crippen LogP contribution in [0.25, 0.3) is 0 Å². The molecule has 0 spiro atoms. The van der Waals surface area contributed by atoms with Crippen LogP contribution in [0.15, 0.2) is 124 Å². The van der Waals surface area contributed by atoms with Crippen LogP contribution in [0.1, 0.15) is 25.0 Å². The lowest BCUT2D eigenvalue weighted by Gasteiger charge is -2.29. The van der Waals surface area contributed by atoms with Crippen LogP contribution in [0.3, 0.4) is 0 Å². The summed E-state index contributed by atoms with van der Waals surface area (Å²) in [6, 6.07) is 29.6. The van der Waals surface area contributed by atoms with Gasteiger partial charge in [-0.15, -0.1) is 4.15 Å². The minimum Gasteiger partial charge on any atom is -0.448 e. The van der Waals surface area contributed by atoms with E-state index in [-0.39, 0.29) is 10.6 Å². The topological polar surface area (TPSA) is 59.0 Å². The third kappa shape index (κ3) is 5.05. The van der Waals surface area contributed by atoms with E-state index in [0.29, 0.717) is 5.30 Å². The fourth-order valence-electron chi connectivity index (χ4n) is 4.86. The maximum absolute atomic E-state index is 15.1. The van der Waals surface area contributed by atoms with E-state index >= 15 is 4.39 Å². The minimum absolute atomic E-state index is 0.0475. The molecule has 39 heavy (non-hydrogen) atoms. The Morgan fingerprint density at radius 1 is 0.872 bits per heavy atom. The highest BCUT2D eigenvalue weighted by Crippen LogP contribution is 2.58. The lowest BCUT2D eigenvalue weighted by molar-refractivity contribution is 0.529. The van der Waals surface area contributed by atoms with Crippen molar-refractivity contribution in [2.75, 3.05) is 11.9 Å². The van der Waals surface area contributed by atoms with E-state index in [1.165, 1.54) is 24.3 Å². The number of hydrogen-bond acceptors (Lipinski definition) is 4. The predicted octanol–water partition coefficient (Wildman–Crippen LogP) is 7.61. The summed E-state index contributed by atoms with van der Waals surface area (Å²) >= 11 is 0. The molecule has 1 atom stereocenters. The Kier molecular flexibility index (Phi) is 7.00. The molecule has 0 aromatic heterocycles. The first-order valence-corrected chi connectivity index (χ1v) is 15.7. The second-order valence-electron chi connectivity index (χ2n) is 10.1. The number of fused-ring (bicyclic) bond motifs is 1. The summed E-state index contributed by atoms with van der Waals surface area (Å²) in [5, 5.41) is 0.552. The van der Waals surface area contributed by atoms with Gasteiger partial charge in [-0.2, -0.15) is 8.42 Å². The Hall–Kier alpha value is -3.67. The van der Waals surface area contributed by atoms with Crippen LogP contribution in [0.2, 0.25) is 0 Å². The van der Waals surface area contributed by atoms with Crippen LogP contribution in [0, 0.1) is 12.7 Å². The van der Waals surface area contributed by atoms with Gasteiger partial charge >= 0.3 is 0 Å². The van der Waals surface area contributed by atoms with E-state index in [1.807, 2.05) is 49.0 Å². The van der Waals surface area contributed by atoms with Gasteiger partial charge in [0.05, 0.1) is 4.90 Å². The number of aryl methyl sites for hydroxylation is 1. The smallest absolute Gasteiger partial charge is 0.284 e. The standard InChI is InChI=1S/C31H30FN2O3PS/c1-23-18-20-25(21-19-23)39(35,36)33-38(24-12-6-5-7-13-24,37-29-17-11-9-15-27(29)32)22-30-31(2,3)26-14-8-10-16-28(26)34(30)4/h5-22H,1-4H3/b30-22-/t38-/m0/s1. The van der Waals surface area contributed by atoms with E-state index in [1.54, 1.807) is 48.5 Å². The van der Waals surface area contributed by atoms with Crippen LogP contribution < -0.4 is 14.7 Å². The number of likely N-dealkylation sites (N-methyl/N-ethyl adjacent to an activating group) is 1. The van der Waals surface area contributed by atoms with Gasteiger partial charge in [0.25, 0.3) is 10.0 Å². The molecule has 4 aromatic carbocycles. The maximum atomic E-state index is 15.1. The first kappa shape index (κ1) is 26.9. The largest absolute Gasteiger partial charge is 0.448 e. The quantitative estimate of drug-likeness (QED) is 0.228. The molecule has 0 aliphatic carbocycles. The molecule has 0 bridgehead atoms. The highest BCUT2D eigenvalue weighted by atomic mass is 32.2. The summed E-state index contributed by atoms with van der Waals surface area (Å²) in [6.07, 6.45) is 0. The van der Waals surface area contributed by atoms with Crippen LogP contribution in [-0.2, 0) is 15.4 Å². The zero-order valence-electron chi connectivity index (χ0n) is 22.2. The number of rotatable bonds is 6. The summed E-state index contributed by atoms with van der Waals surface area (Å²) in [5.74, 6) is 1.16. The Balaban J connectivity index is 1.85. The van der Waals surface area contributed by atoms with Gasteiger partial charge < -0.3 is 9.42 Å². The lowest BCUT2D eigenvalue weighted by Crippen LogP contribution is -2.24. The number of nitrogens with zero attached hydrogens (tertiary/aromatic N) is 2. The van der Waals surface area contributed by atoms with Gasteiger partial charge in [0, 0.05) is 35.0 Å². The van der Waals surface area contributed by atoms with Crippen molar-refractivity contribution in [3.05, 3.63) is 132 Å². The van der Waals surface area contributed by atoms with Crippen molar-refractivity contribution in [3.8, 4) is 5.75 Å². The fraction of sp³-hybridized carbons (Fsp3) is 0.161. The SMILES string of the molecule is Cc1ccc(S(=O)(=O)N=[P@@](/C=C2\N(C)c3ccccc3C2(C)C)(Oc2ccccc2F)c2ccccc2)cc1. The van der Waals surface area contributed by atoms with E-state index in [0.717, 1.165) is 22.5 Å². The molecule has 200 valence electrons. The highest BCUT2D eigenvalue weighted by Gasteiger charge is 2.41. The Labute approximate surface area is 229 Å². The summed E-state index contributed by atoms with van der Waals surface area (Å²) in [7, 11) is -5.87. The molecule has 8 heteroatoms. The molecular formula is C31H30FN2O3PS. The molecule has 1 aliphatic heterocycles. The number of para-hydroxylation sites is 2. The Morgan fingerprint density at radius 3 is 2.15 bits per heavy atom. The molecule has 4 aromatic rings. The van der Waals surface area contributed by atoms with E-state index in [2.05, 4.69) is 24.1 Å². The molecule has 1 aliphatic rings. The van der Waals surface area contributed by atoms with Crippen molar-refractivity contribution >= 4 is 28.3 Å². The van der Waals surface area contributed by atoms with Crippen molar-refractivity contribution in [3.63, 3.8) is 0 Å². The van der Waals surface area contributed by atoms with Crippen LogP contribution in [0.5, 0.6) is 5.75 Å². The normalized spacial score (nSPS) is 16.9.